The molecule has 1 unspecified atom stereocenters. The molecule has 22 heavy (non-hydrogen) atoms. The maximum Gasteiger partial charge on any atom is 0.290 e. The summed E-state index contributed by atoms with van der Waals surface area (Å²) in [5.41, 5.74) is 1.58. The summed E-state index contributed by atoms with van der Waals surface area (Å²) in [4.78, 5) is 12.1. The Morgan fingerprint density at radius 3 is 2.45 bits per heavy atom. The predicted molar refractivity (Wildman–Crippen MR) is 81.4 cm³/mol. The number of carbonyl (C=O) groups excluding carboxylic acids is 1. The van der Waals surface area contributed by atoms with E-state index in [1.54, 1.807) is 38.1 Å². The summed E-state index contributed by atoms with van der Waals surface area (Å²) in [6.45, 7) is 5.22. The van der Waals surface area contributed by atoms with E-state index in [-0.39, 0.29) is 16.4 Å². The highest BCUT2D eigenvalue weighted by molar-refractivity contribution is 7.91. The van der Waals surface area contributed by atoms with Gasteiger partial charge in [0.2, 0.25) is 5.76 Å². The number of nitrogens with zero attached hydrogens (tertiary/aromatic N) is 1. The molecule has 1 N–H and O–H groups in total. The number of rotatable bonds is 5. The molecule has 0 bridgehead atoms. The Morgan fingerprint density at radius 2 is 1.91 bits per heavy atom. The molecule has 6 nitrogen and oxygen atoms in total. The minimum atomic E-state index is -3.46. The highest BCUT2D eigenvalue weighted by atomic mass is 32.2. The number of carbonyl (C=O) groups is 1. The van der Waals surface area contributed by atoms with Crippen molar-refractivity contribution in [2.24, 2.45) is 0 Å². The van der Waals surface area contributed by atoms with Crippen molar-refractivity contribution in [3.05, 3.63) is 47.3 Å². The SMILES string of the molecule is Cc1ccc(S(=O)(=O)CC(C)NC(=O)c2cc(C)no2)cc1. The first kappa shape index (κ1) is 16.2. The number of benzene rings is 1. The molecular weight excluding hydrogens is 304 g/mol. The summed E-state index contributed by atoms with van der Waals surface area (Å²) in [6.07, 6.45) is 0. The second-order valence-electron chi connectivity index (χ2n) is 5.30. The summed E-state index contributed by atoms with van der Waals surface area (Å²) < 4.78 is 29.4. The van der Waals surface area contributed by atoms with Crippen LogP contribution in [0, 0.1) is 13.8 Å². The fraction of sp³-hybridized carbons (Fsp3) is 0.333. The van der Waals surface area contributed by atoms with E-state index in [4.69, 9.17) is 4.52 Å². The molecule has 1 amide bonds. The maximum absolute atomic E-state index is 12.3. The molecule has 0 aliphatic heterocycles. The Morgan fingerprint density at radius 1 is 1.27 bits per heavy atom. The minimum absolute atomic E-state index is 0.0667. The van der Waals surface area contributed by atoms with Gasteiger partial charge in [-0.05, 0) is 32.9 Å². The van der Waals surface area contributed by atoms with Crippen LogP contribution in [0.4, 0.5) is 0 Å². The Bertz CT molecular complexity index is 763. The Labute approximate surface area is 129 Å². The van der Waals surface area contributed by atoms with Gasteiger partial charge >= 0.3 is 0 Å². The smallest absolute Gasteiger partial charge is 0.290 e. The highest BCUT2D eigenvalue weighted by Gasteiger charge is 2.21. The molecular formula is C15H18N2O4S. The fourth-order valence-electron chi connectivity index (χ4n) is 1.98. The molecule has 1 atom stereocenters. The van der Waals surface area contributed by atoms with E-state index in [1.807, 2.05) is 6.92 Å². The first-order valence-electron chi connectivity index (χ1n) is 6.81. The van der Waals surface area contributed by atoms with Gasteiger partial charge in [-0.1, -0.05) is 22.9 Å². The summed E-state index contributed by atoms with van der Waals surface area (Å²) in [5, 5.41) is 6.22. The minimum Gasteiger partial charge on any atom is -0.351 e. The molecule has 0 aliphatic rings. The standard InChI is InChI=1S/C15H18N2O4S/c1-10-4-6-13(7-5-10)22(19,20)9-12(3)16-15(18)14-8-11(2)17-21-14/h4-8,12H,9H2,1-3H3,(H,16,18). The van der Waals surface area contributed by atoms with Crippen LogP contribution in [0.3, 0.4) is 0 Å². The molecule has 0 saturated heterocycles. The van der Waals surface area contributed by atoms with Crippen LogP contribution in [-0.4, -0.2) is 31.3 Å². The van der Waals surface area contributed by atoms with Crippen molar-refractivity contribution in [3.8, 4) is 0 Å². The molecule has 0 radical (unpaired) electrons. The quantitative estimate of drug-likeness (QED) is 0.908. The molecule has 1 heterocycles. The lowest BCUT2D eigenvalue weighted by molar-refractivity contribution is 0.0906. The van der Waals surface area contributed by atoms with Gasteiger partial charge in [0.15, 0.2) is 9.84 Å². The van der Waals surface area contributed by atoms with Gasteiger partial charge in [-0.15, -0.1) is 0 Å². The number of nitrogens with one attached hydrogen (secondary N) is 1. The van der Waals surface area contributed by atoms with Gasteiger partial charge < -0.3 is 9.84 Å². The van der Waals surface area contributed by atoms with E-state index < -0.39 is 21.8 Å². The van der Waals surface area contributed by atoms with Crippen molar-refractivity contribution in [1.29, 1.82) is 0 Å². The predicted octanol–water partition coefficient (Wildman–Crippen LogP) is 1.88. The highest BCUT2D eigenvalue weighted by Crippen LogP contribution is 2.13. The van der Waals surface area contributed by atoms with Crippen LogP contribution in [0.1, 0.15) is 28.7 Å². The number of amides is 1. The van der Waals surface area contributed by atoms with Gasteiger partial charge in [0, 0.05) is 12.1 Å². The Hall–Kier alpha value is -2.15. The third kappa shape index (κ3) is 3.94. The zero-order valence-corrected chi connectivity index (χ0v) is 13.5. The molecule has 1 aromatic heterocycles. The molecule has 0 aliphatic carbocycles. The van der Waals surface area contributed by atoms with Gasteiger partial charge in [0.1, 0.15) is 0 Å². The van der Waals surface area contributed by atoms with E-state index in [0.29, 0.717) is 5.69 Å². The van der Waals surface area contributed by atoms with Crippen molar-refractivity contribution < 1.29 is 17.7 Å². The van der Waals surface area contributed by atoms with Crippen LogP contribution in [-0.2, 0) is 9.84 Å². The lowest BCUT2D eigenvalue weighted by atomic mass is 10.2. The average molecular weight is 322 g/mol. The van der Waals surface area contributed by atoms with Crippen molar-refractivity contribution >= 4 is 15.7 Å². The van der Waals surface area contributed by atoms with Gasteiger partial charge in [-0.2, -0.15) is 0 Å². The molecule has 0 saturated carbocycles. The summed E-state index contributed by atoms with van der Waals surface area (Å²) in [7, 11) is -3.46. The van der Waals surface area contributed by atoms with Crippen molar-refractivity contribution in [2.45, 2.75) is 31.7 Å². The number of hydrogen-bond donors (Lipinski definition) is 1. The third-order valence-corrected chi connectivity index (χ3v) is 5.01. The van der Waals surface area contributed by atoms with Crippen molar-refractivity contribution in [2.75, 3.05) is 5.75 Å². The lowest BCUT2D eigenvalue weighted by Gasteiger charge is -2.13. The largest absolute Gasteiger partial charge is 0.351 e. The molecule has 1 aromatic carbocycles. The lowest BCUT2D eigenvalue weighted by Crippen LogP contribution is -2.37. The second kappa shape index (κ2) is 6.31. The van der Waals surface area contributed by atoms with Gasteiger partial charge in [-0.25, -0.2) is 8.42 Å². The van der Waals surface area contributed by atoms with Gasteiger partial charge in [0.05, 0.1) is 16.3 Å². The number of hydrogen-bond acceptors (Lipinski definition) is 5. The van der Waals surface area contributed by atoms with Crippen molar-refractivity contribution in [1.82, 2.24) is 10.5 Å². The van der Waals surface area contributed by atoms with Crippen LogP contribution in [0.2, 0.25) is 0 Å². The van der Waals surface area contributed by atoms with Crippen LogP contribution in [0.25, 0.3) is 0 Å². The zero-order valence-electron chi connectivity index (χ0n) is 12.7. The molecule has 2 aromatic rings. The van der Waals surface area contributed by atoms with E-state index in [1.165, 1.54) is 6.07 Å². The zero-order chi connectivity index (χ0) is 16.3. The van der Waals surface area contributed by atoms with Crippen molar-refractivity contribution in [3.63, 3.8) is 0 Å². The summed E-state index contributed by atoms with van der Waals surface area (Å²) in [6, 6.07) is 7.57. The normalized spacial score (nSPS) is 12.9. The molecule has 118 valence electrons. The third-order valence-electron chi connectivity index (χ3n) is 3.08. The van der Waals surface area contributed by atoms with Crippen LogP contribution in [0.5, 0.6) is 0 Å². The first-order chi connectivity index (χ1) is 10.3. The van der Waals surface area contributed by atoms with E-state index in [2.05, 4.69) is 10.5 Å². The summed E-state index contributed by atoms with van der Waals surface area (Å²) >= 11 is 0. The van der Waals surface area contributed by atoms with Crippen LogP contribution < -0.4 is 5.32 Å². The van der Waals surface area contributed by atoms with Crippen LogP contribution in [0.15, 0.2) is 39.8 Å². The van der Waals surface area contributed by atoms with E-state index >= 15 is 0 Å². The molecule has 7 heteroatoms. The Kier molecular flexibility index (Phi) is 4.65. The molecule has 0 fully saturated rings. The number of sulfone groups is 1. The molecule has 0 spiro atoms. The summed E-state index contributed by atoms with van der Waals surface area (Å²) in [5.74, 6) is -0.598. The maximum atomic E-state index is 12.3. The average Bonchev–Trinajstić information content (AvgIpc) is 2.85. The number of aryl methyl sites for hydroxylation is 2. The fourth-order valence-corrected chi connectivity index (χ4v) is 3.46. The van der Waals surface area contributed by atoms with Gasteiger partial charge in [0.25, 0.3) is 5.91 Å². The topological polar surface area (TPSA) is 89.3 Å². The van der Waals surface area contributed by atoms with E-state index in [0.717, 1.165) is 5.56 Å². The van der Waals surface area contributed by atoms with E-state index in [9.17, 15) is 13.2 Å². The number of aromatic nitrogens is 1. The van der Waals surface area contributed by atoms with Gasteiger partial charge in [-0.3, -0.25) is 4.79 Å². The Balaban J connectivity index is 2.03. The molecule has 2 rings (SSSR count). The van der Waals surface area contributed by atoms with Crippen LogP contribution >= 0.6 is 0 Å². The monoisotopic (exact) mass is 322 g/mol. The second-order valence-corrected chi connectivity index (χ2v) is 7.34. The first-order valence-corrected chi connectivity index (χ1v) is 8.47.